The minimum Gasteiger partial charge on any atom is -0.497 e. The number of ether oxygens (including phenoxy) is 1. The van der Waals surface area contributed by atoms with Gasteiger partial charge in [0.25, 0.3) is 11.8 Å². The molecule has 0 saturated carbocycles. The summed E-state index contributed by atoms with van der Waals surface area (Å²) < 4.78 is 5.14. The van der Waals surface area contributed by atoms with Crippen LogP contribution in [0.5, 0.6) is 5.75 Å². The van der Waals surface area contributed by atoms with Crippen LogP contribution >= 0.6 is 0 Å². The van der Waals surface area contributed by atoms with Crippen LogP contribution in [-0.4, -0.2) is 25.0 Å². The van der Waals surface area contributed by atoms with Crippen molar-refractivity contribution >= 4 is 23.2 Å². The average Bonchev–Trinajstić information content (AvgIpc) is 2.69. The topological polar surface area (TPSA) is 95.1 Å². The van der Waals surface area contributed by atoms with Crippen molar-refractivity contribution in [2.75, 3.05) is 12.0 Å². The zero-order chi connectivity index (χ0) is 19.4. The number of carbonyl (C=O) groups excluding carboxylic acids is 2. The molecule has 134 valence electrons. The Morgan fingerprint density at radius 1 is 1.11 bits per heavy atom. The van der Waals surface area contributed by atoms with Gasteiger partial charge in [0.05, 0.1) is 18.5 Å². The predicted molar refractivity (Wildman–Crippen MR) is 98.5 cm³/mol. The molecule has 0 aliphatic carbocycles. The second-order valence-electron chi connectivity index (χ2n) is 5.80. The van der Waals surface area contributed by atoms with Gasteiger partial charge < -0.3 is 4.74 Å². The second-order valence-corrected chi connectivity index (χ2v) is 5.80. The third kappa shape index (κ3) is 3.46. The van der Waals surface area contributed by atoms with Crippen LogP contribution in [0.3, 0.4) is 0 Å². The molecule has 7 heteroatoms. The molecular weight excluding hydrogens is 344 g/mol. The molecule has 1 heterocycles. The maximum absolute atomic E-state index is 12.9. The largest absolute Gasteiger partial charge is 0.497 e. The Labute approximate surface area is 156 Å². The number of hydrogen-bond acceptors (Lipinski definition) is 6. The summed E-state index contributed by atoms with van der Waals surface area (Å²) in [6.45, 7) is 1.55. The third-order valence-corrected chi connectivity index (χ3v) is 4.14. The first-order valence-corrected chi connectivity index (χ1v) is 8.16. The van der Waals surface area contributed by atoms with Gasteiger partial charge in [-0.1, -0.05) is 24.3 Å². The Balaban J connectivity index is 2.01. The van der Waals surface area contributed by atoms with Crippen molar-refractivity contribution in [1.29, 1.82) is 5.26 Å². The highest BCUT2D eigenvalue weighted by molar-refractivity contribution is 6.27. The Morgan fingerprint density at radius 2 is 1.85 bits per heavy atom. The second kappa shape index (κ2) is 7.62. The number of hydrogen-bond donors (Lipinski definition) is 0. The molecule has 0 fully saturated rings. The van der Waals surface area contributed by atoms with Gasteiger partial charge in [0.2, 0.25) is 0 Å². The molecule has 1 aliphatic heterocycles. The van der Waals surface area contributed by atoms with E-state index in [4.69, 9.17) is 4.74 Å². The number of anilines is 1. The van der Waals surface area contributed by atoms with Crippen LogP contribution in [0.2, 0.25) is 0 Å². The lowest BCUT2D eigenvalue weighted by Crippen LogP contribution is -2.48. The summed E-state index contributed by atoms with van der Waals surface area (Å²) >= 11 is 0. The molecule has 0 bridgehead atoms. The number of carbonyl (C=O) groups is 2. The number of para-hydroxylation sites is 1. The normalized spacial score (nSPS) is 17.4. The molecule has 7 nitrogen and oxygen atoms in total. The van der Waals surface area contributed by atoms with Gasteiger partial charge in [0.15, 0.2) is 6.04 Å². The van der Waals surface area contributed by atoms with Crippen LogP contribution in [0.15, 0.2) is 76.0 Å². The molecule has 0 aromatic heterocycles. The maximum atomic E-state index is 12.9. The Hall–Kier alpha value is -3.79. The summed E-state index contributed by atoms with van der Waals surface area (Å²) in [7, 11) is 1.54. The van der Waals surface area contributed by atoms with Gasteiger partial charge in [0.1, 0.15) is 17.4 Å². The SMILES string of the molecule is COc1cccc(/N=N/C2C(=O)N(c3ccccc3)C(=O)C(C#N)=C2C)c1. The molecule has 0 N–H and O–H groups in total. The number of benzene rings is 2. The maximum Gasteiger partial charge on any atom is 0.275 e. The Bertz CT molecular complexity index is 990. The zero-order valence-corrected chi connectivity index (χ0v) is 14.8. The zero-order valence-electron chi connectivity index (χ0n) is 14.8. The van der Waals surface area contributed by atoms with Crippen molar-refractivity contribution in [3.05, 3.63) is 65.7 Å². The van der Waals surface area contributed by atoms with Crippen molar-refractivity contribution in [3.8, 4) is 11.8 Å². The van der Waals surface area contributed by atoms with E-state index in [-0.39, 0.29) is 11.1 Å². The van der Waals surface area contributed by atoms with Crippen LogP contribution in [0.25, 0.3) is 0 Å². The lowest BCUT2D eigenvalue weighted by Gasteiger charge is -2.28. The molecule has 0 radical (unpaired) electrons. The summed E-state index contributed by atoms with van der Waals surface area (Å²) in [5.41, 5.74) is 1.06. The molecule has 3 rings (SSSR count). The molecule has 0 saturated heterocycles. The number of methoxy groups -OCH3 is 1. The highest BCUT2D eigenvalue weighted by Gasteiger charge is 2.40. The lowest BCUT2D eigenvalue weighted by molar-refractivity contribution is -0.125. The number of rotatable bonds is 4. The van der Waals surface area contributed by atoms with E-state index in [1.54, 1.807) is 61.5 Å². The lowest BCUT2D eigenvalue weighted by atomic mass is 9.96. The number of azo groups is 1. The summed E-state index contributed by atoms with van der Waals surface area (Å²) in [4.78, 5) is 26.5. The molecule has 2 aromatic carbocycles. The van der Waals surface area contributed by atoms with Crippen molar-refractivity contribution in [2.24, 2.45) is 10.2 Å². The summed E-state index contributed by atoms with van der Waals surface area (Å²) in [5, 5.41) is 17.6. The van der Waals surface area contributed by atoms with Crippen LogP contribution in [0, 0.1) is 11.3 Å². The van der Waals surface area contributed by atoms with E-state index in [1.165, 1.54) is 7.11 Å². The fraction of sp³-hybridized carbons (Fsp3) is 0.150. The van der Waals surface area contributed by atoms with Crippen molar-refractivity contribution in [3.63, 3.8) is 0 Å². The minimum atomic E-state index is -1.05. The van der Waals surface area contributed by atoms with Gasteiger partial charge in [-0.2, -0.15) is 15.5 Å². The van der Waals surface area contributed by atoms with Gasteiger partial charge in [-0.05, 0) is 36.8 Å². The molecule has 27 heavy (non-hydrogen) atoms. The molecule has 1 atom stereocenters. The van der Waals surface area contributed by atoms with E-state index in [0.717, 1.165) is 4.90 Å². The molecular formula is C20H16N4O3. The van der Waals surface area contributed by atoms with Gasteiger partial charge in [-0.25, -0.2) is 4.90 Å². The number of nitriles is 1. The van der Waals surface area contributed by atoms with E-state index >= 15 is 0 Å². The first-order chi connectivity index (χ1) is 13.1. The highest BCUT2D eigenvalue weighted by atomic mass is 16.5. The monoisotopic (exact) mass is 360 g/mol. The summed E-state index contributed by atoms with van der Waals surface area (Å²) in [5.74, 6) is -0.596. The van der Waals surface area contributed by atoms with E-state index < -0.39 is 17.9 Å². The van der Waals surface area contributed by atoms with E-state index in [9.17, 15) is 14.9 Å². The van der Waals surface area contributed by atoms with Crippen LogP contribution in [0.4, 0.5) is 11.4 Å². The predicted octanol–water partition coefficient (Wildman–Crippen LogP) is 3.56. The standard InChI is InChI=1S/C20H16N4O3/c1-13-17(12-21)19(25)24(15-8-4-3-5-9-15)20(26)18(13)23-22-14-7-6-10-16(11-14)27-2/h3-11,18H,1-2H3/b23-22+. The molecule has 1 aliphatic rings. The fourth-order valence-electron chi connectivity index (χ4n) is 2.72. The van der Waals surface area contributed by atoms with E-state index in [0.29, 0.717) is 17.1 Å². The van der Waals surface area contributed by atoms with E-state index in [2.05, 4.69) is 10.2 Å². The number of nitrogens with zero attached hydrogens (tertiary/aromatic N) is 4. The van der Waals surface area contributed by atoms with Gasteiger partial charge in [-0.3, -0.25) is 9.59 Å². The minimum absolute atomic E-state index is 0.104. The smallest absolute Gasteiger partial charge is 0.275 e. The molecule has 1 unspecified atom stereocenters. The third-order valence-electron chi connectivity index (χ3n) is 4.14. The van der Waals surface area contributed by atoms with Crippen LogP contribution < -0.4 is 9.64 Å². The quantitative estimate of drug-likeness (QED) is 0.615. The Morgan fingerprint density at radius 3 is 2.52 bits per heavy atom. The average molecular weight is 360 g/mol. The molecule has 0 spiro atoms. The number of imide groups is 1. The Kier molecular flexibility index (Phi) is 5.08. The van der Waals surface area contributed by atoms with E-state index in [1.807, 2.05) is 6.07 Å². The van der Waals surface area contributed by atoms with Gasteiger partial charge in [0, 0.05) is 6.07 Å². The molecule has 2 amide bonds. The highest BCUT2D eigenvalue weighted by Crippen LogP contribution is 2.29. The molecule has 2 aromatic rings. The summed E-state index contributed by atoms with van der Waals surface area (Å²) in [6.07, 6.45) is 0. The summed E-state index contributed by atoms with van der Waals surface area (Å²) in [6, 6.07) is 16.2. The van der Waals surface area contributed by atoms with Crippen molar-refractivity contribution in [1.82, 2.24) is 0 Å². The van der Waals surface area contributed by atoms with Crippen molar-refractivity contribution in [2.45, 2.75) is 13.0 Å². The number of amides is 2. The van der Waals surface area contributed by atoms with Crippen molar-refractivity contribution < 1.29 is 14.3 Å². The van der Waals surface area contributed by atoms with Crippen LogP contribution in [0.1, 0.15) is 6.92 Å². The van der Waals surface area contributed by atoms with Gasteiger partial charge >= 0.3 is 0 Å². The van der Waals surface area contributed by atoms with Gasteiger partial charge in [-0.15, -0.1) is 0 Å². The first-order valence-electron chi connectivity index (χ1n) is 8.16. The van der Waals surface area contributed by atoms with Crippen LogP contribution in [-0.2, 0) is 9.59 Å². The first kappa shape index (κ1) is 18.0. The fourth-order valence-corrected chi connectivity index (χ4v) is 2.72.